The van der Waals surface area contributed by atoms with Crippen molar-refractivity contribution in [2.75, 3.05) is 26.4 Å². The van der Waals surface area contributed by atoms with E-state index in [0.717, 1.165) is 57.8 Å². The highest BCUT2D eigenvalue weighted by molar-refractivity contribution is 7.47. The van der Waals surface area contributed by atoms with Gasteiger partial charge in [-0.25, -0.2) is 4.57 Å². The van der Waals surface area contributed by atoms with Crippen LogP contribution in [0.2, 0.25) is 0 Å². The molecule has 10 heteroatoms. The Morgan fingerprint density at radius 2 is 1.04 bits per heavy atom. The predicted octanol–water partition coefficient (Wildman–Crippen LogP) is 11.7. The van der Waals surface area contributed by atoms with E-state index in [2.05, 4.69) is 74.6 Å². The average Bonchev–Trinajstić information content (AvgIpc) is 3.14. The van der Waals surface area contributed by atoms with Crippen LogP contribution < -0.4 is 5.73 Å². The second-order valence-corrected chi connectivity index (χ2v) is 14.9. The van der Waals surface area contributed by atoms with Crippen molar-refractivity contribution in [1.82, 2.24) is 0 Å². The summed E-state index contributed by atoms with van der Waals surface area (Å²) in [6.07, 6.45) is 45.4. The van der Waals surface area contributed by atoms with Crippen molar-refractivity contribution in [3.8, 4) is 0 Å². The third kappa shape index (κ3) is 39.2. The van der Waals surface area contributed by atoms with Gasteiger partial charge in [-0.2, -0.15) is 0 Å². The summed E-state index contributed by atoms with van der Waals surface area (Å²) in [5.74, 6) is -0.883. The number of unbranched alkanes of at least 4 members (excludes halogenated alkanes) is 15. The van der Waals surface area contributed by atoms with Gasteiger partial charge in [0.25, 0.3) is 0 Å². The highest BCUT2D eigenvalue weighted by Crippen LogP contribution is 2.43. The number of phosphoric acid groups is 1. The molecule has 0 saturated heterocycles. The van der Waals surface area contributed by atoms with Crippen LogP contribution in [-0.4, -0.2) is 49.3 Å². The van der Waals surface area contributed by atoms with Gasteiger partial charge in [-0.1, -0.05) is 139 Å². The van der Waals surface area contributed by atoms with Crippen molar-refractivity contribution >= 4 is 19.8 Å². The number of carbonyl (C=O) groups excluding carboxylic acids is 2. The van der Waals surface area contributed by atoms with E-state index < -0.39 is 32.5 Å². The first-order valence-electron chi connectivity index (χ1n) is 20.8. The maximum Gasteiger partial charge on any atom is 0.472 e. The molecular formula is C43H76NO8P. The third-order valence-corrected chi connectivity index (χ3v) is 9.37. The minimum atomic E-state index is -4.39. The monoisotopic (exact) mass is 766 g/mol. The predicted molar refractivity (Wildman–Crippen MR) is 219 cm³/mol. The van der Waals surface area contributed by atoms with Gasteiger partial charge in [-0.05, 0) is 77.0 Å². The third-order valence-electron chi connectivity index (χ3n) is 8.39. The molecule has 3 N–H and O–H groups in total. The SMILES string of the molecule is CC/C=C/C/C=C/C/C=C/C/C=C/CCCCC(=O)OC[C@H](COP(=O)(O)OCCN)OC(=O)CCCCCCCCCCC/C=C/CCCCCC. The summed E-state index contributed by atoms with van der Waals surface area (Å²) in [6, 6.07) is 0. The Kier molecular flexibility index (Phi) is 37.7. The average molecular weight is 766 g/mol. The van der Waals surface area contributed by atoms with E-state index in [1.165, 1.54) is 70.6 Å². The molecule has 0 radical (unpaired) electrons. The van der Waals surface area contributed by atoms with Crippen molar-refractivity contribution < 1.29 is 37.6 Å². The Labute approximate surface area is 323 Å². The number of phosphoric ester groups is 1. The van der Waals surface area contributed by atoms with E-state index in [1.807, 2.05) is 0 Å². The topological polar surface area (TPSA) is 134 Å². The molecule has 0 amide bonds. The summed E-state index contributed by atoms with van der Waals surface area (Å²) in [6.45, 7) is 3.54. The molecule has 0 heterocycles. The van der Waals surface area contributed by atoms with E-state index in [9.17, 15) is 19.0 Å². The molecular weight excluding hydrogens is 689 g/mol. The lowest BCUT2D eigenvalue weighted by molar-refractivity contribution is -0.161. The quantitative estimate of drug-likeness (QED) is 0.0272. The molecule has 9 nitrogen and oxygen atoms in total. The zero-order chi connectivity index (χ0) is 38.9. The number of hydrogen-bond acceptors (Lipinski definition) is 8. The van der Waals surface area contributed by atoms with Crippen LogP contribution in [0.15, 0.2) is 60.8 Å². The number of allylic oxidation sites excluding steroid dienone is 10. The maximum absolute atomic E-state index is 12.6. The lowest BCUT2D eigenvalue weighted by Crippen LogP contribution is -2.29. The normalized spacial score (nSPS) is 14.0. The van der Waals surface area contributed by atoms with Crippen molar-refractivity contribution in [2.45, 2.75) is 174 Å². The zero-order valence-electron chi connectivity index (χ0n) is 33.5. The van der Waals surface area contributed by atoms with Gasteiger partial charge in [0, 0.05) is 19.4 Å². The highest BCUT2D eigenvalue weighted by Gasteiger charge is 2.25. The molecule has 0 aromatic rings. The molecule has 0 aromatic heterocycles. The first-order chi connectivity index (χ1) is 25.8. The minimum Gasteiger partial charge on any atom is -0.462 e. The molecule has 0 spiro atoms. The Balaban J connectivity index is 4.24. The van der Waals surface area contributed by atoms with Crippen LogP contribution in [0.25, 0.3) is 0 Å². The summed E-state index contributed by atoms with van der Waals surface area (Å²) in [4.78, 5) is 34.8. The Morgan fingerprint density at radius 3 is 1.60 bits per heavy atom. The van der Waals surface area contributed by atoms with Crippen LogP contribution in [0, 0.1) is 0 Å². The molecule has 0 aliphatic heterocycles. The molecule has 306 valence electrons. The molecule has 0 fully saturated rings. The summed E-state index contributed by atoms with van der Waals surface area (Å²) < 4.78 is 32.7. The van der Waals surface area contributed by atoms with Gasteiger partial charge >= 0.3 is 19.8 Å². The van der Waals surface area contributed by atoms with Crippen LogP contribution in [0.3, 0.4) is 0 Å². The second-order valence-electron chi connectivity index (χ2n) is 13.5. The molecule has 2 atom stereocenters. The molecule has 0 rings (SSSR count). The largest absolute Gasteiger partial charge is 0.472 e. The number of nitrogens with two attached hydrogens (primary N) is 1. The van der Waals surface area contributed by atoms with E-state index in [-0.39, 0.29) is 32.6 Å². The maximum atomic E-state index is 12.6. The number of esters is 2. The minimum absolute atomic E-state index is 0.0450. The summed E-state index contributed by atoms with van der Waals surface area (Å²) >= 11 is 0. The van der Waals surface area contributed by atoms with Gasteiger partial charge in [0.05, 0.1) is 13.2 Å². The van der Waals surface area contributed by atoms with Crippen molar-refractivity contribution in [1.29, 1.82) is 0 Å². The van der Waals surface area contributed by atoms with E-state index >= 15 is 0 Å². The summed E-state index contributed by atoms with van der Waals surface area (Å²) in [7, 11) is -4.39. The van der Waals surface area contributed by atoms with E-state index in [0.29, 0.717) is 12.8 Å². The van der Waals surface area contributed by atoms with Gasteiger partial charge in [0.15, 0.2) is 6.10 Å². The highest BCUT2D eigenvalue weighted by atomic mass is 31.2. The molecule has 0 bridgehead atoms. The van der Waals surface area contributed by atoms with Gasteiger partial charge in [0.1, 0.15) is 6.61 Å². The molecule has 1 unspecified atom stereocenters. The standard InChI is InChI=1S/C43H76NO8P/c1-3-5-7-9-11-13-15-17-19-20-22-24-26-28-30-32-34-36-43(46)52-41(40-51-53(47,48)50-38-37-44)39-49-42(45)35-33-31-29-27-25-23-21-18-16-14-12-10-8-6-4-2/h6,8,12-15,18,21,25,27,41H,3-5,7,9-11,16-17,19-20,22-24,26,28-40,44H2,1-2H3,(H,47,48)/b8-6+,14-12+,15-13+,21-18+,27-25+/t41-/m1/s1. The molecule has 0 aromatic carbocycles. The zero-order valence-corrected chi connectivity index (χ0v) is 34.4. The molecule has 0 saturated carbocycles. The van der Waals surface area contributed by atoms with Crippen LogP contribution >= 0.6 is 7.82 Å². The second kappa shape index (κ2) is 39.4. The van der Waals surface area contributed by atoms with Gasteiger partial charge in [0.2, 0.25) is 0 Å². The lowest BCUT2D eigenvalue weighted by Gasteiger charge is -2.19. The lowest BCUT2D eigenvalue weighted by atomic mass is 10.1. The fourth-order valence-corrected chi connectivity index (χ4v) is 6.09. The number of rotatable bonds is 38. The summed E-state index contributed by atoms with van der Waals surface area (Å²) in [5.41, 5.74) is 5.34. The van der Waals surface area contributed by atoms with Crippen molar-refractivity contribution in [3.63, 3.8) is 0 Å². The summed E-state index contributed by atoms with van der Waals surface area (Å²) in [5, 5.41) is 0. The Hall–Kier alpha value is -2.29. The Bertz CT molecular complexity index is 1050. The number of hydrogen-bond donors (Lipinski definition) is 2. The van der Waals surface area contributed by atoms with Gasteiger partial charge in [-0.15, -0.1) is 0 Å². The fraction of sp³-hybridized carbons (Fsp3) is 0.721. The van der Waals surface area contributed by atoms with Gasteiger partial charge < -0.3 is 20.1 Å². The van der Waals surface area contributed by atoms with Gasteiger partial charge in [-0.3, -0.25) is 18.6 Å². The first kappa shape index (κ1) is 50.7. The van der Waals surface area contributed by atoms with E-state index in [4.69, 9.17) is 24.3 Å². The van der Waals surface area contributed by atoms with Crippen molar-refractivity contribution in [2.24, 2.45) is 5.73 Å². The molecule has 53 heavy (non-hydrogen) atoms. The first-order valence-corrected chi connectivity index (χ1v) is 22.3. The number of carbonyl (C=O) groups is 2. The van der Waals surface area contributed by atoms with E-state index in [1.54, 1.807) is 0 Å². The molecule has 0 aliphatic rings. The van der Waals surface area contributed by atoms with Crippen LogP contribution in [0.5, 0.6) is 0 Å². The molecule has 0 aliphatic carbocycles. The van der Waals surface area contributed by atoms with Crippen LogP contribution in [0.1, 0.15) is 168 Å². The smallest absolute Gasteiger partial charge is 0.462 e. The van der Waals surface area contributed by atoms with Crippen molar-refractivity contribution in [3.05, 3.63) is 60.8 Å². The Morgan fingerprint density at radius 1 is 0.585 bits per heavy atom. The van der Waals surface area contributed by atoms with Crippen LogP contribution in [0.4, 0.5) is 0 Å². The number of ether oxygens (including phenoxy) is 2. The van der Waals surface area contributed by atoms with Crippen LogP contribution in [-0.2, 0) is 32.7 Å². The fourth-order valence-electron chi connectivity index (χ4n) is 5.32.